The van der Waals surface area contributed by atoms with Crippen LogP contribution < -0.4 is 5.32 Å². The number of anilines is 1. The van der Waals surface area contributed by atoms with E-state index in [-0.39, 0.29) is 0 Å². The smallest absolute Gasteiger partial charge is 0.137 e. The minimum Gasteiger partial charge on any atom is -0.363 e. The minimum absolute atomic E-state index is 0.327. The van der Waals surface area contributed by atoms with E-state index < -0.39 is 0 Å². The second kappa shape index (κ2) is 5.80. The molecule has 1 atom stereocenters. The van der Waals surface area contributed by atoms with E-state index in [1.165, 1.54) is 17.5 Å². The number of rotatable bonds is 4. The number of hydrogen-bond acceptors (Lipinski definition) is 3. The highest BCUT2D eigenvalue weighted by Gasteiger charge is 2.23. The molecule has 0 fully saturated rings. The highest BCUT2D eigenvalue weighted by atomic mass is 35.5. The zero-order valence-corrected chi connectivity index (χ0v) is 12.3. The van der Waals surface area contributed by atoms with Crippen molar-refractivity contribution >= 4 is 17.4 Å². The molecule has 0 bridgehead atoms. The van der Waals surface area contributed by atoms with Crippen molar-refractivity contribution in [2.24, 2.45) is 0 Å². The monoisotopic (exact) mass is 287 g/mol. The summed E-state index contributed by atoms with van der Waals surface area (Å²) in [6.45, 7) is 2.14. The zero-order valence-electron chi connectivity index (χ0n) is 11.6. The van der Waals surface area contributed by atoms with Crippen LogP contribution in [0, 0.1) is 0 Å². The topological polar surface area (TPSA) is 37.8 Å². The molecule has 0 spiro atoms. The highest BCUT2D eigenvalue weighted by molar-refractivity contribution is 6.30. The van der Waals surface area contributed by atoms with Crippen LogP contribution in [-0.4, -0.2) is 9.97 Å². The van der Waals surface area contributed by atoms with Crippen LogP contribution in [0.3, 0.4) is 0 Å². The first-order chi connectivity index (χ1) is 9.79. The summed E-state index contributed by atoms with van der Waals surface area (Å²) in [6, 6.07) is 8.93. The van der Waals surface area contributed by atoms with Crippen molar-refractivity contribution in [2.75, 3.05) is 5.32 Å². The minimum atomic E-state index is 0.327. The van der Waals surface area contributed by atoms with Gasteiger partial charge in [0.05, 0.1) is 6.04 Å². The Balaban J connectivity index is 1.88. The van der Waals surface area contributed by atoms with Gasteiger partial charge >= 0.3 is 0 Å². The Labute approximate surface area is 124 Å². The maximum Gasteiger partial charge on any atom is 0.137 e. The average Bonchev–Trinajstić information content (AvgIpc) is 2.86. The molecule has 20 heavy (non-hydrogen) atoms. The summed E-state index contributed by atoms with van der Waals surface area (Å²) in [5.74, 6) is 0.883. The lowest BCUT2D eigenvalue weighted by Crippen LogP contribution is -2.11. The van der Waals surface area contributed by atoms with Crippen molar-refractivity contribution in [3.63, 3.8) is 0 Å². The number of nitrogens with zero attached hydrogens (tertiary/aromatic N) is 2. The van der Waals surface area contributed by atoms with Crippen LogP contribution in [0.4, 0.5) is 5.82 Å². The third kappa shape index (κ3) is 2.50. The van der Waals surface area contributed by atoms with E-state index in [4.69, 9.17) is 11.6 Å². The van der Waals surface area contributed by atoms with Crippen molar-refractivity contribution in [3.8, 4) is 0 Å². The maximum absolute atomic E-state index is 6.20. The van der Waals surface area contributed by atoms with Gasteiger partial charge < -0.3 is 5.32 Å². The molecule has 1 N–H and O–H groups in total. The van der Waals surface area contributed by atoms with E-state index in [2.05, 4.69) is 46.5 Å². The fraction of sp³-hybridized carbons (Fsp3) is 0.375. The van der Waals surface area contributed by atoms with Crippen LogP contribution in [0.1, 0.15) is 42.5 Å². The molecule has 0 aliphatic heterocycles. The molecular formula is C16H18ClN3. The first-order valence-electron chi connectivity index (χ1n) is 7.13. The van der Waals surface area contributed by atoms with Crippen molar-refractivity contribution in [1.29, 1.82) is 0 Å². The van der Waals surface area contributed by atoms with E-state index in [9.17, 15) is 0 Å². The molecule has 3 nitrogen and oxygen atoms in total. The van der Waals surface area contributed by atoms with E-state index in [1.807, 2.05) is 0 Å². The van der Waals surface area contributed by atoms with E-state index in [0.717, 1.165) is 37.1 Å². The summed E-state index contributed by atoms with van der Waals surface area (Å²) in [7, 11) is 0. The third-order valence-corrected chi connectivity index (χ3v) is 4.16. The summed E-state index contributed by atoms with van der Waals surface area (Å²) in [4.78, 5) is 8.48. The third-order valence-electron chi connectivity index (χ3n) is 3.84. The van der Waals surface area contributed by atoms with E-state index in [1.54, 1.807) is 0 Å². The van der Waals surface area contributed by atoms with E-state index >= 15 is 0 Å². The van der Waals surface area contributed by atoms with Crippen molar-refractivity contribution < 1.29 is 0 Å². The highest BCUT2D eigenvalue weighted by Crippen LogP contribution is 2.34. The number of benzene rings is 1. The molecule has 4 heteroatoms. The van der Waals surface area contributed by atoms with Crippen molar-refractivity contribution in [1.82, 2.24) is 9.97 Å². The number of aryl methyl sites for hydroxylation is 1. The van der Waals surface area contributed by atoms with Gasteiger partial charge in [-0.1, -0.05) is 49.2 Å². The second-order valence-corrected chi connectivity index (χ2v) is 5.53. The quantitative estimate of drug-likeness (QED) is 0.857. The molecule has 1 aromatic carbocycles. The summed E-state index contributed by atoms with van der Waals surface area (Å²) >= 11 is 6.20. The van der Waals surface area contributed by atoms with E-state index in [0.29, 0.717) is 11.2 Å². The SMILES string of the molecule is CCCc1c(Cl)ncnc1N[C@H]1CCc2ccccc21. The maximum atomic E-state index is 6.20. The fourth-order valence-electron chi connectivity index (χ4n) is 2.86. The van der Waals surface area contributed by atoms with Gasteiger partial charge in [-0.3, -0.25) is 0 Å². The first-order valence-corrected chi connectivity index (χ1v) is 7.51. The number of nitrogens with one attached hydrogen (secondary N) is 1. The number of halogens is 1. The van der Waals surface area contributed by atoms with Crippen molar-refractivity contribution in [2.45, 2.75) is 38.6 Å². The molecule has 0 saturated carbocycles. The lowest BCUT2D eigenvalue weighted by Gasteiger charge is -2.17. The molecule has 0 unspecified atom stereocenters. The Kier molecular flexibility index (Phi) is 3.88. The number of hydrogen-bond donors (Lipinski definition) is 1. The Morgan fingerprint density at radius 3 is 3.00 bits per heavy atom. The van der Waals surface area contributed by atoms with Crippen LogP contribution in [0.2, 0.25) is 5.15 Å². The van der Waals surface area contributed by atoms with Gasteiger partial charge in [0, 0.05) is 5.56 Å². The Morgan fingerprint density at radius 1 is 1.30 bits per heavy atom. The van der Waals surface area contributed by atoms with Crippen molar-refractivity contribution in [3.05, 3.63) is 52.4 Å². The van der Waals surface area contributed by atoms with Crippen LogP contribution in [-0.2, 0) is 12.8 Å². The Morgan fingerprint density at radius 2 is 2.15 bits per heavy atom. The molecule has 1 aliphatic carbocycles. The van der Waals surface area contributed by atoms with Gasteiger partial charge in [0.2, 0.25) is 0 Å². The predicted octanol–water partition coefficient (Wildman–Crippen LogP) is 4.18. The number of aromatic nitrogens is 2. The molecule has 0 amide bonds. The van der Waals surface area contributed by atoms with Gasteiger partial charge in [-0.2, -0.15) is 0 Å². The molecule has 0 radical (unpaired) electrons. The standard InChI is InChI=1S/C16H18ClN3/c1-2-5-13-15(17)18-10-19-16(13)20-14-9-8-11-6-3-4-7-12(11)14/h3-4,6-7,10,14H,2,5,8-9H2,1H3,(H,18,19,20)/t14-/m0/s1. The molecule has 3 rings (SSSR count). The first kappa shape index (κ1) is 13.4. The number of fused-ring (bicyclic) bond motifs is 1. The molecule has 1 heterocycles. The molecule has 1 aromatic heterocycles. The van der Waals surface area contributed by atoms with Gasteiger partial charge in [0.25, 0.3) is 0 Å². The Bertz CT molecular complexity index is 612. The van der Waals surface area contributed by atoms with Gasteiger partial charge in [-0.05, 0) is 30.4 Å². The van der Waals surface area contributed by atoms with Crippen LogP contribution in [0.15, 0.2) is 30.6 Å². The van der Waals surface area contributed by atoms with Crippen LogP contribution in [0.25, 0.3) is 0 Å². The van der Waals surface area contributed by atoms with Gasteiger partial charge in [-0.25, -0.2) is 9.97 Å². The fourth-order valence-corrected chi connectivity index (χ4v) is 3.09. The summed E-state index contributed by atoms with van der Waals surface area (Å²) < 4.78 is 0. The summed E-state index contributed by atoms with van der Waals surface area (Å²) in [5.41, 5.74) is 3.84. The summed E-state index contributed by atoms with van der Waals surface area (Å²) in [5, 5.41) is 4.12. The summed E-state index contributed by atoms with van der Waals surface area (Å²) in [6.07, 6.45) is 5.69. The van der Waals surface area contributed by atoms with Crippen LogP contribution >= 0.6 is 11.6 Å². The zero-order chi connectivity index (χ0) is 13.9. The molecule has 0 saturated heterocycles. The van der Waals surface area contributed by atoms with Gasteiger partial charge in [-0.15, -0.1) is 0 Å². The van der Waals surface area contributed by atoms with Gasteiger partial charge in [0.1, 0.15) is 17.3 Å². The molecule has 104 valence electrons. The van der Waals surface area contributed by atoms with Crippen LogP contribution in [0.5, 0.6) is 0 Å². The Hall–Kier alpha value is -1.61. The predicted molar refractivity (Wildman–Crippen MR) is 82.2 cm³/mol. The molecule has 1 aliphatic rings. The largest absolute Gasteiger partial charge is 0.363 e. The van der Waals surface area contributed by atoms with Gasteiger partial charge in [0.15, 0.2) is 0 Å². The molecular weight excluding hydrogens is 270 g/mol. The average molecular weight is 288 g/mol. The second-order valence-electron chi connectivity index (χ2n) is 5.18. The molecule has 2 aromatic rings. The normalized spacial score (nSPS) is 17.0. The lowest BCUT2D eigenvalue weighted by molar-refractivity contribution is 0.751. The lowest BCUT2D eigenvalue weighted by atomic mass is 10.1.